The first-order valence-corrected chi connectivity index (χ1v) is 5.77. The molecule has 0 aliphatic carbocycles. The van der Waals surface area contributed by atoms with Crippen LogP contribution in [0, 0.1) is 12.7 Å². The molecule has 0 amide bonds. The number of piperidine rings is 1. The highest BCUT2D eigenvalue weighted by molar-refractivity contribution is 5.44. The van der Waals surface area contributed by atoms with E-state index >= 15 is 0 Å². The van der Waals surface area contributed by atoms with Gasteiger partial charge in [0.25, 0.3) is 0 Å². The summed E-state index contributed by atoms with van der Waals surface area (Å²) in [6.45, 7) is 3.83. The normalized spacial score (nSPS) is 20.8. The van der Waals surface area contributed by atoms with Crippen LogP contribution in [0.2, 0.25) is 0 Å². The van der Waals surface area contributed by atoms with E-state index in [4.69, 9.17) is 4.74 Å². The van der Waals surface area contributed by atoms with E-state index in [-0.39, 0.29) is 11.7 Å². The smallest absolute Gasteiger partial charge is 0.130 e. The fourth-order valence-corrected chi connectivity index (χ4v) is 2.43. The molecule has 0 bridgehead atoms. The van der Waals surface area contributed by atoms with Crippen molar-refractivity contribution in [1.29, 1.82) is 0 Å². The number of halogens is 1. The molecular formula is C13H18FNO. The van der Waals surface area contributed by atoms with Gasteiger partial charge in [0, 0.05) is 18.0 Å². The fraction of sp³-hybridized carbons (Fsp3) is 0.538. The number of methoxy groups -OCH3 is 1. The second kappa shape index (κ2) is 4.83. The van der Waals surface area contributed by atoms with Gasteiger partial charge < -0.3 is 10.1 Å². The van der Waals surface area contributed by atoms with Crippen molar-refractivity contribution in [1.82, 2.24) is 5.32 Å². The van der Waals surface area contributed by atoms with Gasteiger partial charge in [-0.05, 0) is 37.9 Å². The molecule has 3 heteroatoms. The number of hydrogen-bond acceptors (Lipinski definition) is 2. The Bertz CT molecular complexity index is 372. The van der Waals surface area contributed by atoms with Crippen molar-refractivity contribution in [2.75, 3.05) is 20.2 Å². The molecule has 0 aromatic heterocycles. The van der Waals surface area contributed by atoms with E-state index in [1.165, 1.54) is 0 Å². The van der Waals surface area contributed by atoms with Crippen LogP contribution in [0.3, 0.4) is 0 Å². The zero-order valence-corrected chi connectivity index (χ0v) is 9.85. The molecule has 1 aliphatic rings. The molecule has 0 saturated carbocycles. The van der Waals surface area contributed by atoms with Crippen molar-refractivity contribution in [3.05, 3.63) is 29.1 Å². The summed E-state index contributed by atoms with van der Waals surface area (Å²) in [4.78, 5) is 0. The van der Waals surface area contributed by atoms with Gasteiger partial charge in [-0.3, -0.25) is 0 Å². The summed E-state index contributed by atoms with van der Waals surface area (Å²) in [5.41, 5.74) is 1.75. The number of aryl methyl sites for hydroxylation is 1. The van der Waals surface area contributed by atoms with E-state index in [9.17, 15) is 4.39 Å². The highest BCUT2D eigenvalue weighted by atomic mass is 19.1. The molecule has 1 aromatic carbocycles. The first-order valence-electron chi connectivity index (χ1n) is 5.77. The minimum absolute atomic E-state index is 0.142. The summed E-state index contributed by atoms with van der Waals surface area (Å²) < 4.78 is 19.2. The minimum Gasteiger partial charge on any atom is -0.496 e. The Kier molecular flexibility index (Phi) is 3.44. The van der Waals surface area contributed by atoms with Crippen LogP contribution in [0.4, 0.5) is 4.39 Å². The lowest BCUT2D eigenvalue weighted by Gasteiger charge is -2.25. The van der Waals surface area contributed by atoms with Crippen LogP contribution in [-0.2, 0) is 0 Å². The number of hydrogen-bond donors (Lipinski definition) is 1. The van der Waals surface area contributed by atoms with Crippen LogP contribution in [0.1, 0.15) is 29.9 Å². The largest absolute Gasteiger partial charge is 0.496 e. The van der Waals surface area contributed by atoms with Gasteiger partial charge >= 0.3 is 0 Å². The molecule has 1 fully saturated rings. The van der Waals surface area contributed by atoms with Gasteiger partial charge in [0.2, 0.25) is 0 Å². The highest BCUT2D eigenvalue weighted by Gasteiger charge is 2.23. The number of nitrogens with one attached hydrogen (secondary N) is 1. The maximum atomic E-state index is 13.9. The first-order chi connectivity index (χ1) is 7.74. The van der Waals surface area contributed by atoms with Gasteiger partial charge in [0.15, 0.2) is 0 Å². The SMILES string of the molecule is COc1c(C)ccc(F)c1C1CCCNC1. The van der Waals surface area contributed by atoms with Crippen LogP contribution in [0.15, 0.2) is 12.1 Å². The Hall–Kier alpha value is -1.09. The molecule has 1 atom stereocenters. The third-order valence-electron chi connectivity index (χ3n) is 3.25. The van der Waals surface area contributed by atoms with Crippen molar-refractivity contribution in [2.24, 2.45) is 0 Å². The molecule has 0 radical (unpaired) electrons. The summed E-state index contributed by atoms with van der Waals surface area (Å²) in [6, 6.07) is 3.32. The van der Waals surface area contributed by atoms with Gasteiger partial charge in [0.05, 0.1) is 7.11 Å². The quantitative estimate of drug-likeness (QED) is 0.832. The molecule has 0 spiro atoms. The van der Waals surface area contributed by atoms with Gasteiger partial charge in [-0.1, -0.05) is 6.07 Å². The molecule has 88 valence electrons. The van der Waals surface area contributed by atoms with Gasteiger partial charge in [-0.25, -0.2) is 4.39 Å². The Morgan fingerprint density at radius 2 is 2.25 bits per heavy atom. The van der Waals surface area contributed by atoms with E-state index in [1.54, 1.807) is 19.2 Å². The molecule has 1 saturated heterocycles. The van der Waals surface area contributed by atoms with Crippen molar-refractivity contribution in [3.8, 4) is 5.75 Å². The topological polar surface area (TPSA) is 21.3 Å². The molecular weight excluding hydrogens is 205 g/mol. The summed E-state index contributed by atoms with van der Waals surface area (Å²) in [7, 11) is 1.61. The summed E-state index contributed by atoms with van der Waals surface area (Å²) in [5.74, 6) is 0.813. The lowest BCUT2D eigenvalue weighted by atomic mass is 9.89. The average Bonchev–Trinajstić information content (AvgIpc) is 2.33. The summed E-state index contributed by atoms with van der Waals surface area (Å²) in [6.07, 6.45) is 2.13. The fourth-order valence-electron chi connectivity index (χ4n) is 2.43. The van der Waals surface area contributed by atoms with E-state index in [0.29, 0.717) is 5.75 Å². The van der Waals surface area contributed by atoms with Gasteiger partial charge in [-0.2, -0.15) is 0 Å². The predicted octanol–water partition coefficient (Wildman–Crippen LogP) is 2.61. The lowest BCUT2D eigenvalue weighted by molar-refractivity contribution is 0.380. The Morgan fingerprint density at radius 1 is 1.44 bits per heavy atom. The zero-order valence-electron chi connectivity index (χ0n) is 9.85. The third kappa shape index (κ3) is 2.05. The van der Waals surface area contributed by atoms with E-state index in [0.717, 1.165) is 37.1 Å². The van der Waals surface area contributed by atoms with Crippen LogP contribution < -0.4 is 10.1 Å². The molecule has 1 aromatic rings. The lowest BCUT2D eigenvalue weighted by Crippen LogP contribution is -2.29. The maximum absolute atomic E-state index is 13.9. The predicted molar refractivity (Wildman–Crippen MR) is 62.5 cm³/mol. The Labute approximate surface area is 95.8 Å². The molecule has 1 aliphatic heterocycles. The monoisotopic (exact) mass is 223 g/mol. The number of ether oxygens (including phenoxy) is 1. The first kappa shape index (κ1) is 11.4. The number of rotatable bonds is 2. The van der Waals surface area contributed by atoms with Crippen molar-refractivity contribution in [3.63, 3.8) is 0 Å². The van der Waals surface area contributed by atoms with E-state index in [1.807, 2.05) is 6.92 Å². The number of benzene rings is 1. The maximum Gasteiger partial charge on any atom is 0.130 e. The molecule has 1 N–H and O–H groups in total. The van der Waals surface area contributed by atoms with Crippen LogP contribution in [0.5, 0.6) is 5.75 Å². The van der Waals surface area contributed by atoms with Crippen molar-refractivity contribution in [2.45, 2.75) is 25.7 Å². The molecule has 1 heterocycles. The van der Waals surface area contributed by atoms with Crippen molar-refractivity contribution >= 4 is 0 Å². The molecule has 1 unspecified atom stereocenters. The molecule has 16 heavy (non-hydrogen) atoms. The minimum atomic E-state index is -0.142. The van der Waals surface area contributed by atoms with Crippen LogP contribution in [-0.4, -0.2) is 20.2 Å². The molecule has 2 rings (SSSR count). The van der Waals surface area contributed by atoms with Gasteiger partial charge in [-0.15, -0.1) is 0 Å². The van der Waals surface area contributed by atoms with Crippen LogP contribution in [0.25, 0.3) is 0 Å². The standard InChI is InChI=1S/C13H18FNO/c1-9-5-6-11(14)12(13(9)16-2)10-4-3-7-15-8-10/h5-6,10,15H,3-4,7-8H2,1-2H3. The van der Waals surface area contributed by atoms with Crippen molar-refractivity contribution < 1.29 is 9.13 Å². The summed E-state index contributed by atoms with van der Waals surface area (Å²) >= 11 is 0. The second-order valence-electron chi connectivity index (χ2n) is 4.35. The second-order valence-corrected chi connectivity index (χ2v) is 4.35. The third-order valence-corrected chi connectivity index (χ3v) is 3.25. The van der Waals surface area contributed by atoms with Gasteiger partial charge in [0.1, 0.15) is 11.6 Å². The van der Waals surface area contributed by atoms with Crippen LogP contribution >= 0.6 is 0 Å². The Balaban J connectivity index is 2.40. The highest BCUT2D eigenvalue weighted by Crippen LogP contribution is 2.35. The average molecular weight is 223 g/mol. The molecule has 2 nitrogen and oxygen atoms in total. The summed E-state index contributed by atoms with van der Waals surface area (Å²) in [5, 5.41) is 3.31. The zero-order chi connectivity index (χ0) is 11.5. The Morgan fingerprint density at radius 3 is 2.88 bits per heavy atom. The van der Waals surface area contributed by atoms with E-state index in [2.05, 4.69) is 5.32 Å². The van der Waals surface area contributed by atoms with E-state index < -0.39 is 0 Å².